The normalized spacial score (nSPS) is 21.6. The van der Waals surface area contributed by atoms with E-state index in [9.17, 15) is 0 Å². The van der Waals surface area contributed by atoms with Crippen LogP contribution in [0.25, 0.3) is 49.4 Å². The summed E-state index contributed by atoms with van der Waals surface area (Å²) in [6.45, 7) is 6.78. The molecular weight excluding hydrogens is 532 g/mol. The maximum Gasteiger partial charge on any atom is 0.111 e. The van der Waals surface area contributed by atoms with Gasteiger partial charge < -0.3 is 0 Å². The molecule has 0 bridgehead atoms. The number of nitrogens with zero attached hydrogens (tertiary/aromatic N) is 2. The van der Waals surface area contributed by atoms with Crippen LogP contribution in [-0.2, 0) is 0 Å². The number of hydrogen-bond donors (Lipinski definition) is 0. The van der Waals surface area contributed by atoms with Crippen LogP contribution in [0.3, 0.4) is 0 Å². The van der Waals surface area contributed by atoms with Crippen LogP contribution in [0.4, 0.5) is 0 Å². The third-order valence-corrected chi connectivity index (χ3v) is 9.79. The van der Waals surface area contributed by atoms with Gasteiger partial charge in [-0.3, -0.25) is 4.57 Å². The summed E-state index contributed by atoms with van der Waals surface area (Å²) in [6, 6.07) is 24.9. The lowest BCUT2D eigenvalue weighted by Gasteiger charge is -2.28. The first-order chi connectivity index (χ1) is 21.6. The summed E-state index contributed by atoms with van der Waals surface area (Å²) in [5.41, 5.74) is 10.1. The molecule has 0 saturated heterocycles. The molecule has 3 aliphatic rings. The Morgan fingerprint density at radius 2 is 1.48 bits per heavy atom. The van der Waals surface area contributed by atoms with Crippen molar-refractivity contribution >= 4 is 49.4 Å². The van der Waals surface area contributed by atoms with Gasteiger partial charge in [-0.25, -0.2) is 4.98 Å². The van der Waals surface area contributed by atoms with Crippen LogP contribution in [0.1, 0.15) is 61.5 Å². The second-order valence-electron chi connectivity index (χ2n) is 12.8. The number of benzene rings is 4. The van der Waals surface area contributed by atoms with E-state index in [0.717, 1.165) is 30.6 Å². The molecule has 3 atom stereocenters. The van der Waals surface area contributed by atoms with Gasteiger partial charge in [0.2, 0.25) is 0 Å². The smallest absolute Gasteiger partial charge is 0.111 e. The monoisotopic (exact) mass is 570 g/mol. The van der Waals surface area contributed by atoms with E-state index in [1.54, 1.807) is 0 Å². The number of fused-ring (bicyclic) bond motifs is 3. The van der Waals surface area contributed by atoms with Crippen molar-refractivity contribution in [2.75, 3.05) is 0 Å². The fourth-order valence-corrected chi connectivity index (χ4v) is 7.59. The third kappa shape index (κ3) is 4.44. The summed E-state index contributed by atoms with van der Waals surface area (Å²) in [5, 5.41) is 5.42. The zero-order valence-corrected chi connectivity index (χ0v) is 25.8. The van der Waals surface area contributed by atoms with Gasteiger partial charge in [0.05, 0.1) is 11.0 Å². The zero-order valence-electron chi connectivity index (χ0n) is 25.8. The Hall–Kier alpha value is -4.69. The van der Waals surface area contributed by atoms with Gasteiger partial charge in [0.15, 0.2) is 0 Å². The molecule has 3 aliphatic carbocycles. The highest BCUT2D eigenvalue weighted by Crippen LogP contribution is 2.45. The van der Waals surface area contributed by atoms with E-state index in [1.807, 2.05) is 0 Å². The minimum atomic E-state index is 0.285. The molecule has 0 amide bonds. The number of aromatic nitrogens is 2. The van der Waals surface area contributed by atoms with Crippen molar-refractivity contribution in [2.24, 2.45) is 11.8 Å². The van der Waals surface area contributed by atoms with Crippen LogP contribution in [-0.4, -0.2) is 9.55 Å². The maximum atomic E-state index is 4.89. The molecule has 1 aromatic heterocycles. The molecule has 216 valence electrons. The van der Waals surface area contributed by atoms with Gasteiger partial charge in [-0.05, 0) is 106 Å². The van der Waals surface area contributed by atoms with Crippen molar-refractivity contribution in [3.05, 3.63) is 144 Å². The molecule has 0 saturated carbocycles. The lowest BCUT2D eigenvalue weighted by molar-refractivity contribution is 0.645. The number of hydrogen-bond acceptors (Lipinski definition) is 1. The molecule has 0 aliphatic heterocycles. The number of imidazole rings is 1. The van der Waals surface area contributed by atoms with E-state index in [4.69, 9.17) is 4.98 Å². The minimum absolute atomic E-state index is 0.285. The number of aryl methyl sites for hydroxylation is 1. The van der Waals surface area contributed by atoms with Gasteiger partial charge in [0, 0.05) is 11.6 Å². The predicted molar refractivity (Wildman–Crippen MR) is 188 cm³/mol. The summed E-state index contributed by atoms with van der Waals surface area (Å²) < 4.78 is 2.31. The lowest BCUT2D eigenvalue weighted by atomic mass is 9.76. The Bertz CT molecular complexity index is 2080. The molecular formula is C42H38N2. The predicted octanol–water partition coefficient (Wildman–Crippen LogP) is 11.2. The molecule has 4 aromatic carbocycles. The van der Waals surface area contributed by atoms with Crippen LogP contribution >= 0.6 is 0 Å². The molecule has 2 nitrogen and oxygen atoms in total. The molecule has 0 fully saturated rings. The summed E-state index contributed by atoms with van der Waals surface area (Å²) in [7, 11) is 0. The van der Waals surface area contributed by atoms with E-state index in [1.165, 1.54) is 60.6 Å². The summed E-state index contributed by atoms with van der Waals surface area (Å²) >= 11 is 0. The van der Waals surface area contributed by atoms with Crippen LogP contribution in [0, 0.1) is 18.8 Å². The highest BCUT2D eigenvalue weighted by Gasteiger charge is 2.26. The molecule has 1 heterocycles. The molecule has 5 aromatic rings. The number of allylic oxidation sites excluding steroid dienone is 12. The first kappa shape index (κ1) is 26.9. The third-order valence-electron chi connectivity index (χ3n) is 9.79. The van der Waals surface area contributed by atoms with Crippen LogP contribution in [0.15, 0.2) is 121 Å². The Morgan fingerprint density at radius 1 is 0.750 bits per heavy atom. The summed E-state index contributed by atoms with van der Waals surface area (Å²) in [5.74, 6) is 2.25. The first-order valence-corrected chi connectivity index (χ1v) is 16.2. The Labute approximate surface area is 260 Å². The second-order valence-corrected chi connectivity index (χ2v) is 12.8. The van der Waals surface area contributed by atoms with E-state index < -0.39 is 0 Å². The van der Waals surface area contributed by atoms with E-state index >= 15 is 0 Å². The fraction of sp³-hybridized carbons (Fsp3) is 0.214. The summed E-state index contributed by atoms with van der Waals surface area (Å²) in [6.07, 6.45) is 24.5. The standard InChI is InChI=1S/C42H38N2/c1-27-17-19-30(20-18-27)41-35-13-7-9-15-37(35)42(38-16-10-8-14-36(38)41)34-23-21-31(25-28(34)2)32-22-24-39-40(26-32)44(29(3)43-39)33-11-5-4-6-12-33/h5,7-17,19-28,34H,4,6,18H2,1-3H3. The van der Waals surface area contributed by atoms with Crippen molar-refractivity contribution in [1.82, 2.24) is 9.55 Å². The van der Waals surface area contributed by atoms with E-state index in [0.29, 0.717) is 11.8 Å². The average Bonchev–Trinajstić information content (AvgIpc) is 3.39. The van der Waals surface area contributed by atoms with Crippen LogP contribution in [0.2, 0.25) is 0 Å². The van der Waals surface area contributed by atoms with Gasteiger partial charge in [-0.2, -0.15) is 0 Å². The molecule has 0 N–H and O–H groups in total. The van der Waals surface area contributed by atoms with Crippen molar-refractivity contribution in [3.63, 3.8) is 0 Å². The SMILES string of the molecule is Cc1nc2ccc(C3=CC(C)C(c4c5ccccc5c(C5=CCC(C)C=C5)c5ccccc45)C=C3)cc2n1C1=CCCC=C1. The maximum absolute atomic E-state index is 4.89. The van der Waals surface area contributed by atoms with Crippen molar-refractivity contribution in [3.8, 4) is 0 Å². The van der Waals surface area contributed by atoms with E-state index in [-0.39, 0.29) is 5.92 Å². The largest absolute Gasteiger partial charge is 0.297 e. The second kappa shape index (κ2) is 10.8. The van der Waals surface area contributed by atoms with Gasteiger partial charge >= 0.3 is 0 Å². The topological polar surface area (TPSA) is 17.8 Å². The van der Waals surface area contributed by atoms with Crippen LogP contribution in [0.5, 0.6) is 0 Å². The molecule has 44 heavy (non-hydrogen) atoms. The van der Waals surface area contributed by atoms with Crippen molar-refractivity contribution in [1.29, 1.82) is 0 Å². The van der Waals surface area contributed by atoms with Gasteiger partial charge in [-0.15, -0.1) is 0 Å². The average molecular weight is 571 g/mol. The Morgan fingerprint density at radius 3 is 2.14 bits per heavy atom. The highest BCUT2D eigenvalue weighted by molar-refractivity contribution is 6.13. The fourth-order valence-electron chi connectivity index (χ4n) is 7.59. The molecule has 8 rings (SSSR count). The molecule has 0 spiro atoms. The molecule has 3 unspecified atom stereocenters. The Balaban J connectivity index is 1.23. The number of rotatable bonds is 4. The molecule has 2 heteroatoms. The van der Waals surface area contributed by atoms with Crippen molar-refractivity contribution in [2.45, 2.75) is 46.0 Å². The summed E-state index contributed by atoms with van der Waals surface area (Å²) in [4.78, 5) is 4.89. The minimum Gasteiger partial charge on any atom is -0.297 e. The van der Waals surface area contributed by atoms with E-state index in [2.05, 4.69) is 147 Å². The van der Waals surface area contributed by atoms with Crippen molar-refractivity contribution < 1.29 is 0 Å². The van der Waals surface area contributed by atoms with Gasteiger partial charge in [0.25, 0.3) is 0 Å². The van der Waals surface area contributed by atoms with Gasteiger partial charge in [-0.1, -0.05) is 117 Å². The quantitative estimate of drug-likeness (QED) is 0.197. The molecule has 0 radical (unpaired) electrons. The highest BCUT2D eigenvalue weighted by atomic mass is 15.1. The first-order valence-electron chi connectivity index (χ1n) is 16.2. The lowest BCUT2D eigenvalue weighted by Crippen LogP contribution is -2.11. The van der Waals surface area contributed by atoms with Gasteiger partial charge in [0.1, 0.15) is 5.82 Å². The Kier molecular flexibility index (Phi) is 6.60. The zero-order chi connectivity index (χ0) is 29.8. The van der Waals surface area contributed by atoms with Crippen LogP contribution < -0.4 is 0 Å².